The summed E-state index contributed by atoms with van der Waals surface area (Å²) in [6.45, 7) is 13.5. The van der Waals surface area contributed by atoms with Crippen molar-refractivity contribution in [3.05, 3.63) is 327 Å². The number of rotatable bonds is 10. The van der Waals surface area contributed by atoms with Crippen molar-refractivity contribution < 1.29 is 30.5 Å². The zero-order valence-electron chi connectivity index (χ0n) is 59.5. The molecule has 0 saturated heterocycles. The van der Waals surface area contributed by atoms with Crippen molar-refractivity contribution in [2.75, 3.05) is 19.6 Å². The summed E-state index contributed by atoms with van der Waals surface area (Å²) in [6, 6.07) is 110. The first-order chi connectivity index (χ1) is 51.8. The molecule has 0 fully saturated rings. The minimum Gasteiger partial charge on any atom is -0.466 e. The van der Waals surface area contributed by atoms with Crippen molar-refractivity contribution in [3.63, 3.8) is 0 Å². The molecule has 10 nitrogen and oxygen atoms in total. The maximum absolute atomic E-state index is 6.44. The van der Waals surface area contributed by atoms with Crippen molar-refractivity contribution in [1.29, 1.82) is 0 Å². The molecule has 107 heavy (non-hydrogen) atoms. The van der Waals surface area contributed by atoms with Gasteiger partial charge in [-0.3, -0.25) is 4.98 Å². The molecule has 4 aliphatic heterocycles. The van der Waals surface area contributed by atoms with Gasteiger partial charge in [0.15, 0.2) is 0 Å². The molecule has 0 spiro atoms. The Hall–Kier alpha value is -11.7. The first-order valence-corrected chi connectivity index (χ1v) is 37.5. The van der Waals surface area contributed by atoms with Crippen molar-refractivity contribution in [2.24, 2.45) is 0 Å². The summed E-state index contributed by atoms with van der Waals surface area (Å²) < 4.78 is 15.2. The van der Waals surface area contributed by atoms with E-state index in [4.69, 9.17) is 19.4 Å². The van der Waals surface area contributed by atoms with Crippen molar-refractivity contribution in [3.8, 4) is 44.4 Å². The zero-order chi connectivity index (χ0) is 71.4. The number of hydrogen-bond donors (Lipinski definition) is 0. The van der Waals surface area contributed by atoms with E-state index in [-0.39, 0.29) is 45.3 Å². The number of pyridine rings is 2. The van der Waals surface area contributed by atoms with E-state index >= 15 is 0 Å². The molecular weight excluding hydrogens is 1530 g/mol. The predicted octanol–water partition coefficient (Wildman–Crippen LogP) is 20.7. The topological polar surface area (TPSA) is 83.0 Å². The van der Waals surface area contributed by atoms with E-state index in [1.807, 2.05) is 48.5 Å². The van der Waals surface area contributed by atoms with Crippen LogP contribution in [-0.4, -0.2) is 33.4 Å². The van der Waals surface area contributed by atoms with Crippen LogP contribution in [0, 0.1) is 12.1 Å². The van der Waals surface area contributed by atoms with Gasteiger partial charge in [-0.05, 0) is 189 Å². The Morgan fingerprint density at radius 2 is 0.766 bits per heavy atom. The number of nitrogens with zero attached hydrogens (tertiary/aromatic N) is 8. The van der Waals surface area contributed by atoms with E-state index in [0.717, 1.165) is 110 Å². The van der Waals surface area contributed by atoms with E-state index in [2.05, 4.69) is 326 Å². The summed E-state index contributed by atoms with van der Waals surface area (Å²) in [6.07, 6.45) is 3.51. The molecule has 516 valence electrons. The van der Waals surface area contributed by atoms with Crippen LogP contribution in [-0.2, 0) is 31.9 Å². The monoisotopic (exact) mass is 1600 g/mol. The van der Waals surface area contributed by atoms with Gasteiger partial charge < -0.3 is 29.1 Å². The molecule has 12 aromatic carbocycles. The molecule has 4 aliphatic rings. The van der Waals surface area contributed by atoms with Gasteiger partial charge in [-0.1, -0.05) is 162 Å². The number of thiazole rings is 2. The summed E-state index contributed by atoms with van der Waals surface area (Å²) in [5, 5.41) is 1.97. The van der Waals surface area contributed by atoms with Crippen LogP contribution in [0.15, 0.2) is 304 Å². The fourth-order valence-corrected chi connectivity index (χ4v) is 17.4. The first kappa shape index (κ1) is 67.2. The number of ether oxygens (including phenoxy) is 2. The van der Waals surface area contributed by atoms with E-state index in [1.165, 1.54) is 49.1 Å². The molecule has 8 heterocycles. The summed E-state index contributed by atoms with van der Waals surface area (Å²) in [4.78, 5) is 28.8. The van der Waals surface area contributed by atoms with Crippen LogP contribution in [0.4, 0.5) is 68.2 Å². The van der Waals surface area contributed by atoms with Gasteiger partial charge in [-0.2, -0.15) is 16.8 Å². The second-order valence-electron chi connectivity index (χ2n) is 29.2. The van der Waals surface area contributed by atoms with E-state index in [0.29, 0.717) is 17.5 Å². The van der Waals surface area contributed by atoms with Gasteiger partial charge in [0, 0.05) is 102 Å². The standard InChI is InChI=1S/C46H35BN4OS.C46H33BN4OS.Pt/c2*1-46(2,3)31-27-40-44-41(28-31)51(33-16-8-5-9-17-33)39-24-22-34(52-43-20-12-13-25-48-43)29-36(39)47(44)35-26-30(45-49-37-18-10-11-19-42(37)53-45)21-23-38(35)50(40)32-14-6-4-7-15-32;/h4-29H,1-3H3;4-25,27-28H,1-3H3;/q;-2;+2. The van der Waals surface area contributed by atoms with Gasteiger partial charge in [0.25, 0.3) is 6.71 Å². The second-order valence-corrected chi connectivity index (χ2v) is 31.3. The number of aromatic nitrogens is 4. The summed E-state index contributed by atoms with van der Waals surface area (Å²) in [5.41, 5.74) is 26.9. The molecule has 16 aromatic rings. The fraction of sp³-hybridized carbons (Fsp3) is 0.0870. The number of hydrogen-bond acceptors (Lipinski definition) is 12. The van der Waals surface area contributed by atoms with Crippen molar-refractivity contribution >= 4 is 158 Å². The normalized spacial score (nSPS) is 13.0. The molecule has 15 heteroatoms. The second kappa shape index (κ2) is 27.0. The maximum Gasteiger partial charge on any atom is 2.00 e. The minimum absolute atomic E-state index is 0. The van der Waals surface area contributed by atoms with Crippen LogP contribution in [0.25, 0.3) is 41.6 Å². The van der Waals surface area contributed by atoms with Crippen LogP contribution in [0.1, 0.15) is 52.7 Å². The van der Waals surface area contributed by atoms with Gasteiger partial charge in [-0.25, -0.2) is 15.0 Å². The Labute approximate surface area is 646 Å². The average Bonchev–Trinajstić information content (AvgIpc) is 0.871. The first-order valence-electron chi connectivity index (χ1n) is 35.9. The third-order valence-corrected chi connectivity index (χ3v) is 22.6. The van der Waals surface area contributed by atoms with Crippen LogP contribution in [0.2, 0.25) is 0 Å². The third kappa shape index (κ3) is 12.1. The molecule has 20 rings (SSSR count). The third-order valence-electron chi connectivity index (χ3n) is 20.4. The largest absolute Gasteiger partial charge is 2.00 e. The van der Waals surface area contributed by atoms with Gasteiger partial charge in [0.1, 0.15) is 10.8 Å². The molecule has 0 N–H and O–H groups in total. The quantitative estimate of drug-likeness (QED) is 0.0975. The smallest absolute Gasteiger partial charge is 0.466 e. The predicted molar refractivity (Wildman–Crippen MR) is 442 cm³/mol. The fourth-order valence-electron chi connectivity index (χ4n) is 15.5. The Morgan fingerprint density at radius 1 is 0.355 bits per heavy atom. The maximum atomic E-state index is 6.44. The number of anilines is 12. The van der Waals surface area contributed by atoms with Crippen molar-refractivity contribution in [2.45, 2.75) is 52.4 Å². The average molecular weight is 1600 g/mol. The van der Waals surface area contributed by atoms with E-state index in [9.17, 15) is 0 Å². The summed E-state index contributed by atoms with van der Waals surface area (Å²) in [5.74, 6) is 2.46. The van der Waals surface area contributed by atoms with Crippen LogP contribution in [0.3, 0.4) is 0 Å². The van der Waals surface area contributed by atoms with E-state index < -0.39 is 0 Å². The molecule has 0 unspecified atom stereocenters. The Morgan fingerprint density at radius 3 is 1.26 bits per heavy atom. The molecule has 4 aromatic heterocycles. The summed E-state index contributed by atoms with van der Waals surface area (Å²) in [7, 11) is 0. The van der Waals surface area contributed by atoms with Gasteiger partial charge in [0.05, 0.1) is 15.7 Å². The van der Waals surface area contributed by atoms with Crippen LogP contribution >= 0.6 is 22.7 Å². The SMILES string of the molecule is CC(C)(C)c1cc2c3c(c1)N(c1ccccc1)c1ccc(-c4nc5ccccc5s4)[c-]c1B3c1[c-]c(Oc3ccccn3)ccc1N2c1ccccc1.CC(C)(C)c1cc2c3c(c1)N(c1ccccc1)c1ccc(-c4nc5ccccc5s4)cc1B3c1cc(Oc3ccccn3)ccc1N2c1ccccc1.[Pt+2]. The summed E-state index contributed by atoms with van der Waals surface area (Å²) >= 11 is 3.44. The minimum atomic E-state index is -0.194. The van der Waals surface area contributed by atoms with Crippen LogP contribution in [0.5, 0.6) is 23.3 Å². The number of benzene rings is 12. The Bertz CT molecular complexity index is 5590. The van der Waals surface area contributed by atoms with Crippen molar-refractivity contribution in [1.82, 2.24) is 19.9 Å². The molecule has 0 atom stereocenters. The number of fused-ring (bicyclic) bond motifs is 10. The Kier molecular flexibility index (Phi) is 17.0. The Balaban J connectivity index is 0.000000150. The molecular formula is C92H68B2N8O2PtS2. The molecule has 0 saturated carbocycles. The molecule has 0 amide bonds. The zero-order valence-corrected chi connectivity index (χ0v) is 63.5. The molecule has 0 bridgehead atoms. The van der Waals surface area contributed by atoms with Crippen LogP contribution < -0.4 is 61.9 Å². The molecule has 0 radical (unpaired) electrons. The van der Waals surface area contributed by atoms with Gasteiger partial charge in [-0.15, -0.1) is 58.8 Å². The van der Waals surface area contributed by atoms with Gasteiger partial charge in [0.2, 0.25) is 18.5 Å². The van der Waals surface area contributed by atoms with E-state index in [1.54, 1.807) is 35.1 Å². The van der Waals surface area contributed by atoms with Gasteiger partial charge >= 0.3 is 21.1 Å². The number of para-hydroxylation sites is 6. The molecule has 0 aliphatic carbocycles.